The molecule has 380 valence electrons. The van der Waals surface area contributed by atoms with Crippen LogP contribution in [0.15, 0.2) is 68.1 Å². The minimum atomic E-state index is -0.188. The number of phenols is 4. The van der Waals surface area contributed by atoms with Gasteiger partial charge < -0.3 is 45.2 Å². The Bertz CT molecular complexity index is 1950. The van der Waals surface area contributed by atoms with E-state index in [1.54, 1.807) is 0 Å². The average molecular weight is 1080 g/mol. The van der Waals surface area contributed by atoms with Crippen LogP contribution in [0, 0.1) is 0 Å². The zero-order valence-electron chi connectivity index (χ0n) is 44.6. The molecule has 0 amide bonds. The van der Waals surface area contributed by atoms with Crippen LogP contribution in [0.2, 0.25) is 0 Å². The van der Waals surface area contributed by atoms with Crippen LogP contribution in [-0.4, -0.2) is 20.4 Å². The number of halogens is 2. The molecule has 4 aromatic carbocycles. The summed E-state index contributed by atoms with van der Waals surface area (Å²) in [5.74, 6) is 1.23. The summed E-state index contributed by atoms with van der Waals surface area (Å²) in [7, 11) is 0. The molecule has 0 saturated heterocycles. The Hall–Kier alpha value is -1.60. The standard InChI is InChI=1S/2C28H42O2S.2ClH.2Cu/c2*1-25(2,3)17-13-19(27(7,8)9)23(29)21(15-17)31-22-16-18(26(4,5)6)14-20(24(22)30)28(10,11)12;;;;/h2*13-16,29-30H,1-12H3;2*1H;;/q;;;;2*+1/p-2. The molecule has 0 aliphatic rings. The minimum Gasteiger partial charge on any atom is -1.00 e. The Balaban J connectivity index is 0. The first kappa shape index (κ1) is 66.5. The predicted molar refractivity (Wildman–Crippen MR) is 270 cm³/mol. The minimum absolute atomic E-state index is 0. The third-order valence-electron chi connectivity index (χ3n) is 11.4. The maximum absolute atomic E-state index is 11.2. The third kappa shape index (κ3) is 16.8. The van der Waals surface area contributed by atoms with Crippen molar-refractivity contribution >= 4 is 23.5 Å². The number of phenolic OH excluding ortho intramolecular Hbond substituents is 4. The molecule has 4 aromatic rings. The number of benzene rings is 4. The molecule has 4 N–H and O–H groups in total. The van der Waals surface area contributed by atoms with Gasteiger partial charge in [0, 0.05) is 22.3 Å². The van der Waals surface area contributed by atoms with Crippen LogP contribution in [-0.2, 0) is 77.5 Å². The van der Waals surface area contributed by atoms with Crippen LogP contribution < -0.4 is 24.8 Å². The predicted octanol–water partition coefficient (Wildman–Crippen LogP) is 10.9. The van der Waals surface area contributed by atoms with E-state index in [1.165, 1.54) is 45.8 Å². The van der Waals surface area contributed by atoms with Crippen molar-refractivity contribution in [3.63, 3.8) is 0 Å². The van der Waals surface area contributed by atoms with E-state index in [2.05, 4.69) is 215 Å². The summed E-state index contributed by atoms with van der Waals surface area (Å²) < 4.78 is 0. The maximum atomic E-state index is 11.2. The van der Waals surface area contributed by atoms with E-state index >= 15 is 0 Å². The molecule has 10 heteroatoms. The van der Waals surface area contributed by atoms with Crippen LogP contribution in [0.1, 0.15) is 211 Å². The smallest absolute Gasteiger partial charge is 1.00 e. The van der Waals surface area contributed by atoms with Crippen molar-refractivity contribution in [2.45, 2.75) is 229 Å². The van der Waals surface area contributed by atoms with Gasteiger partial charge in [-0.15, -0.1) is 0 Å². The van der Waals surface area contributed by atoms with Crippen molar-refractivity contribution in [3.05, 3.63) is 93.0 Å². The van der Waals surface area contributed by atoms with E-state index in [-0.39, 0.29) is 102 Å². The zero-order chi connectivity index (χ0) is 48.3. The molecule has 4 nitrogen and oxygen atoms in total. The summed E-state index contributed by atoms with van der Waals surface area (Å²) in [6, 6.07) is 16.8. The van der Waals surface area contributed by atoms with Crippen molar-refractivity contribution < 1.29 is 79.4 Å². The molecule has 0 aliphatic carbocycles. The number of rotatable bonds is 4. The molecule has 0 aromatic heterocycles. The normalized spacial score (nSPS) is 12.7. The summed E-state index contributed by atoms with van der Waals surface area (Å²) in [5.41, 5.74) is 7.52. The summed E-state index contributed by atoms with van der Waals surface area (Å²) >= 11 is 2.92. The fraction of sp³-hybridized carbons (Fsp3) is 0.571. The quantitative estimate of drug-likeness (QED) is 0.153. The van der Waals surface area contributed by atoms with Gasteiger partial charge in [-0.3, -0.25) is 0 Å². The van der Waals surface area contributed by atoms with Gasteiger partial charge in [0.1, 0.15) is 23.0 Å². The summed E-state index contributed by atoms with van der Waals surface area (Å²) in [6.07, 6.45) is 0. The van der Waals surface area contributed by atoms with Crippen LogP contribution in [0.3, 0.4) is 0 Å². The summed E-state index contributed by atoms with van der Waals surface area (Å²) in [4.78, 5) is 3.16. The maximum Gasteiger partial charge on any atom is 1.00 e. The van der Waals surface area contributed by atoms with Gasteiger partial charge in [-0.05, 0) is 89.8 Å². The largest absolute Gasteiger partial charge is 1.00 e. The van der Waals surface area contributed by atoms with Crippen molar-refractivity contribution in [2.24, 2.45) is 0 Å². The fourth-order valence-electron chi connectivity index (χ4n) is 7.00. The van der Waals surface area contributed by atoms with E-state index in [1.807, 2.05) is 0 Å². The van der Waals surface area contributed by atoms with Crippen LogP contribution in [0.25, 0.3) is 0 Å². The van der Waals surface area contributed by atoms with E-state index < -0.39 is 0 Å². The molecule has 0 atom stereocenters. The van der Waals surface area contributed by atoms with Crippen molar-refractivity contribution in [1.29, 1.82) is 0 Å². The van der Waals surface area contributed by atoms with Gasteiger partial charge in [0.05, 0.1) is 19.6 Å². The molecule has 0 bridgehead atoms. The molecule has 0 radical (unpaired) electrons. The second-order valence-electron chi connectivity index (χ2n) is 25.7. The molecule has 0 aliphatic heterocycles. The Labute approximate surface area is 444 Å². The molecule has 0 heterocycles. The monoisotopic (exact) mass is 1080 g/mol. The van der Waals surface area contributed by atoms with Gasteiger partial charge in [0.15, 0.2) is 0 Å². The molecular formula is C56H84Cl2Cu2O4S2. The van der Waals surface area contributed by atoms with Gasteiger partial charge in [-0.2, -0.15) is 0 Å². The van der Waals surface area contributed by atoms with Crippen molar-refractivity contribution in [3.8, 4) is 23.0 Å². The Morgan fingerprint density at radius 1 is 0.258 bits per heavy atom. The van der Waals surface area contributed by atoms with E-state index in [0.717, 1.165) is 41.8 Å². The molecule has 0 saturated carbocycles. The molecule has 0 unspecified atom stereocenters. The van der Waals surface area contributed by atoms with Crippen molar-refractivity contribution in [2.75, 3.05) is 0 Å². The first-order valence-corrected chi connectivity index (χ1v) is 24.0. The summed E-state index contributed by atoms with van der Waals surface area (Å²) in [5, 5.41) is 44.9. The average Bonchev–Trinajstić information content (AvgIpc) is 3.04. The summed E-state index contributed by atoms with van der Waals surface area (Å²) in [6.45, 7) is 51.8. The zero-order valence-corrected chi connectivity index (χ0v) is 49.6. The van der Waals surface area contributed by atoms with Crippen molar-refractivity contribution in [1.82, 2.24) is 0 Å². The van der Waals surface area contributed by atoms with Gasteiger partial charge >= 0.3 is 34.1 Å². The van der Waals surface area contributed by atoms with Gasteiger partial charge in [-0.1, -0.05) is 214 Å². The van der Waals surface area contributed by atoms with E-state index in [0.29, 0.717) is 23.0 Å². The Morgan fingerprint density at radius 2 is 0.394 bits per heavy atom. The topological polar surface area (TPSA) is 80.9 Å². The second kappa shape index (κ2) is 22.6. The molecule has 0 fully saturated rings. The molecular weight excluding hydrogens is 999 g/mol. The number of hydrogen-bond donors (Lipinski definition) is 4. The van der Waals surface area contributed by atoms with Gasteiger partial charge in [-0.25, -0.2) is 0 Å². The fourth-order valence-corrected chi connectivity index (χ4v) is 9.04. The molecule has 66 heavy (non-hydrogen) atoms. The molecule has 4 rings (SSSR count). The third-order valence-corrected chi connectivity index (χ3v) is 13.6. The Kier molecular flexibility index (Phi) is 22.8. The van der Waals surface area contributed by atoms with Crippen LogP contribution in [0.4, 0.5) is 0 Å². The van der Waals surface area contributed by atoms with E-state index in [4.69, 9.17) is 0 Å². The first-order chi connectivity index (χ1) is 27.5. The van der Waals surface area contributed by atoms with Gasteiger partial charge in [0.2, 0.25) is 0 Å². The number of hydrogen-bond acceptors (Lipinski definition) is 6. The number of aromatic hydroxyl groups is 4. The Morgan fingerprint density at radius 3 is 0.500 bits per heavy atom. The second-order valence-corrected chi connectivity index (χ2v) is 27.9. The SMILES string of the molecule is CC(C)(C)c1cc(Sc2cc(C(C)(C)C)cc(C(C)(C)C)c2O)c(O)c(C(C)(C)C)c1.CC(C)(C)c1cc(Sc2cc(C(C)(C)C)cc(C(C)(C)C)c2O)c(O)c(C(C)(C)C)c1.[Cl-].[Cl-].[Cu+].[Cu+]. The van der Waals surface area contributed by atoms with Crippen LogP contribution in [0.5, 0.6) is 23.0 Å². The van der Waals surface area contributed by atoms with Crippen LogP contribution >= 0.6 is 23.5 Å². The first-order valence-electron chi connectivity index (χ1n) is 22.3. The molecule has 0 spiro atoms. The van der Waals surface area contributed by atoms with Gasteiger partial charge in [0.25, 0.3) is 0 Å². The van der Waals surface area contributed by atoms with E-state index in [9.17, 15) is 20.4 Å².